The molecule has 1 heterocycles. The Morgan fingerprint density at radius 1 is 1.24 bits per heavy atom. The summed E-state index contributed by atoms with van der Waals surface area (Å²) in [5.74, 6) is 1.89. The maximum atomic E-state index is 4.55. The fraction of sp³-hybridized carbons (Fsp3) is 0.500. The summed E-state index contributed by atoms with van der Waals surface area (Å²) >= 11 is 0. The third kappa shape index (κ3) is 3.03. The van der Waals surface area contributed by atoms with E-state index in [9.17, 15) is 0 Å². The van der Waals surface area contributed by atoms with Gasteiger partial charge in [0.25, 0.3) is 0 Å². The van der Waals surface area contributed by atoms with Crippen LogP contribution in [-0.2, 0) is 25.8 Å². The van der Waals surface area contributed by atoms with Crippen molar-refractivity contribution >= 4 is 0 Å². The first kappa shape index (κ1) is 14.3. The number of aryl methyl sites for hydroxylation is 1. The highest BCUT2D eigenvalue weighted by atomic mass is 15.1. The topological polar surface area (TPSA) is 29.9 Å². The molecule has 0 spiro atoms. The van der Waals surface area contributed by atoms with E-state index in [1.54, 1.807) is 0 Å². The molecule has 0 radical (unpaired) electrons. The van der Waals surface area contributed by atoms with Crippen LogP contribution in [0.2, 0.25) is 0 Å². The number of hydrogen-bond acceptors (Lipinski definition) is 2. The number of aromatic nitrogens is 2. The van der Waals surface area contributed by atoms with Crippen LogP contribution in [0.3, 0.4) is 0 Å². The summed E-state index contributed by atoms with van der Waals surface area (Å²) < 4.78 is 2.26. The quantitative estimate of drug-likeness (QED) is 0.883. The average molecular weight is 283 g/mol. The summed E-state index contributed by atoms with van der Waals surface area (Å²) in [4.78, 5) is 4.55. The molecule has 0 amide bonds. The second kappa shape index (κ2) is 6.44. The number of rotatable bonds is 6. The van der Waals surface area contributed by atoms with Gasteiger partial charge >= 0.3 is 0 Å². The molecule has 1 aliphatic rings. The lowest BCUT2D eigenvalue weighted by molar-refractivity contribution is 0.359. The van der Waals surface area contributed by atoms with Crippen molar-refractivity contribution < 1.29 is 0 Å². The molecule has 0 saturated heterocycles. The van der Waals surface area contributed by atoms with E-state index >= 15 is 0 Å². The monoisotopic (exact) mass is 283 g/mol. The molecule has 3 rings (SSSR count). The van der Waals surface area contributed by atoms with E-state index in [0.717, 1.165) is 19.5 Å². The van der Waals surface area contributed by atoms with Gasteiger partial charge in [-0.05, 0) is 43.4 Å². The molecule has 1 aliphatic carbocycles. The van der Waals surface area contributed by atoms with Crippen molar-refractivity contribution in [3.63, 3.8) is 0 Å². The van der Waals surface area contributed by atoms with Crippen molar-refractivity contribution in [3.8, 4) is 0 Å². The Kier molecular flexibility index (Phi) is 4.39. The Labute approximate surface area is 127 Å². The Hall–Kier alpha value is -1.61. The summed E-state index contributed by atoms with van der Waals surface area (Å²) in [6.07, 6.45) is 7.42. The van der Waals surface area contributed by atoms with Gasteiger partial charge in [-0.3, -0.25) is 0 Å². The third-order valence-corrected chi connectivity index (χ3v) is 4.66. The number of benzene rings is 1. The van der Waals surface area contributed by atoms with E-state index < -0.39 is 0 Å². The number of likely N-dealkylation sites (N-methyl/N-ethyl adjacent to an activating group) is 1. The van der Waals surface area contributed by atoms with E-state index in [1.807, 2.05) is 6.20 Å². The molecule has 0 aliphatic heterocycles. The SMILES string of the molecule is CCNC(Cc1nccn1CC)C1Cc2ccccc2C1. The summed E-state index contributed by atoms with van der Waals surface area (Å²) in [5.41, 5.74) is 3.06. The van der Waals surface area contributed by atoms with Gasteiger partial charge in [0.2, 0.25) is 0 Å². The van der Waals surface area contributed by atoms with Crippen LogP contribution in [-0.4, -0.2) is 22.1 Å². The van der Waals surface area contributed by atoms with Crippen LogP contribution in [0.25, 0.3) is 0 Å². The van der Waals surface area contributed by atoms with Gasteiger partial charge in [-0.25, -0.2) is 4.98 Å². The van der Waals surface area contributed by atoms with Gasteiger partial charge in [0.1, 0.15) is 5.82 Å². The molecule has 0 bridgehead atoms. The zero-order chi connectivity index (χ0) is 14.7. The standard InChI is InChI=1S/C18H25N3/c1-3-19-17(13-18-20-9-10-21(18)4-2)16-11-14-7-5-6-8-15(14)12-16/h5-10,16-17,19H,3-4,11-13H2,1-2H3. The van der Waals surface area contributed by atoms with Gasteiger partial charge in [0.15, 0.2) is 0 Å². The van der Waals surface area contributed by atoms with Crippen LogP contribution in [0.4, 0.5) is 0 Å². The molecule has 3 nitrogen and oxygen atoms in total. The Bertz CT molecular complexity index is 563. The molecule has 0 fully saturated rings. The van der Waals surface area contributed by atoms with Crippen LogP contribution in [0, 0.1) is 5.92 Å². The van der Waals surface area contributed by atoms with Crippen molar-refractivity contribution in [2.75, 3.05) is 6.54 Å². The number of hydrogen-bond donors (Lipinski definition) is 1. The number of imidazole rings is 1. The van der Waals surface area contributed by atoms with Crippen LogP contribution in [0.5, 0.6) is 0 Å². The third-order valence-electron chi connectivity index (χ3n) is 4.66. The normalized spacial score (nSPS) is 16.1. The lowest BCUT2D eigenvalue weighted by atomic mass is 9.93. The first-order chi connectivity index (χ1) is 10.3. The number of nitrogens with zero attached hydrogens (tertiary/aromatic N) is 2. The molecule has 1 aromatic carbocycles. The van der Waals surface area contributed by atoms with E-state index in [2.05, 4.69) is 59.2 Å². The van der Waals surface area contributed by atoms with Crippen molar-refractivity contribution in [1.82, 2.24) is 14.9 Å². The average Bonchev–Trinajstić information content (AvgIpc) is 3.12. The molecule has 112 valence electrons. The van der Waals surface area contributed by atoms with Crippen LogP contribution < -0.4 is 5.32 Å². The summed E-state index contributed by atoms with van der Waals surface area (Å²) in [7, 11) is 0. The van der Waals surface area contributed by atoms with Crippen LogP contribution >= 0.6 is 0 Å². The summed E-state index contributed by atoms with van der Waals surface area (Å²) in [5, 5.41) is 3.70. The molecule has 1 atom stereocenters. The van der Waals surface area contributed by atoms with Gasteiger partial charge in [-0.15, -0.1) is 0 Å². The van der Waals surface area contributed by atoms with Crippen molar-refractivity contribution in [3.05, 3.63) is 53.6 Å². The smallest absolute Gasteiger partial charge is 0.110 e. The Balaban J connectivity index is 1.74. The molecular formula is C18H25N3. The van der Waals surface area contributed by atoms with Gasteiger partial charge in [0, 0.05) is 31.4 Å². The first-order valence-electron chi connectivity index (χ1n) is 8.12. The molecule has 3 heteroatoms. The Morgan fingerprint density at radius 2 is 1.95 bits per heavy atom. The van der Waals surface area contributed by atoms with Gasteiger partial charge in [-0.1, -0.05) is 31.2 Å². The van der Waals surface area contributed by atoms with E-state index in [-0.39, 0.29) is 0 Å². The van der Waals surface area contributed by atoms with E-state index in [1.165, 1.54) is 29.8 Å². The minimum absolute atomic E-state index is 0.509. The maximum Gasteiger partial charge on any atom is 0.110 e. The van der Waals surface area contributed by atoms with Gasteiger partial charge in [0.05, 0.1) is 0 Å². The molecule has 0 saturated carbocycles. The Morgan fingerprint density at radius 3 is 2.57 bits per heavy atom. The van der Waals surface area contributed by atoms with Crippen LogP contribution in [0.1, 0.15) is 30.8 Å². The van der Waals surface area contributed by atoms with Gasteiger partial charge < -0.3 is 9.88 Å². The van der Waals surface area contributed by atoms with E-state index in [0.29, 0.717) is 12.0 Å². The van der Waals surface area contributed by atoms with Crippen molar-refractivity contribution in [2.24, 2.45) is 5.92 Å². The lowest BCUT2D eigenvalue weighted by Crippen LogP contribution is -2.39. The van der Waals surface area contributed by atoms with Gasteiger partial charge in [-0.2, -0.15) is 0 Å². The minimum Gasteiger partial charge on any atom is -0.335 e. The fourth-order valence-electron chi connectivity index (χ4n) is 3.56. The molecule has 1 aromatic heterocycles. The highest BCUT2D eigenvalue weighted by molar-refractivity contribution is 5.32. The minimum atomic E-state index is 0.509. The zero-order valence-electron chi connectivity index (χ0n) is 13.0. The first-order valence-corrected chi connectivity index (χ1v) is 8.12. The maximum absolute atomic E-state index is 4.55. The molecule has 1 unspecified atom stereocenters. The predicted molar refractivity (Wildman–Crippen MR) is 86.4 cm³/mol. The van der Waals surface area contributed by atoms with Crippen molar-refractivity contribution in [2.45, 2.75) is 45.7 Å². The number of fused-ring (bicyclic) bond motifs is 1. The molecular weight excluding hydrogens is 258 g/mol. The molecule has 1 N–H and O–H groups in total. The highest BCUT2D eigenvalue weighted by Gasteiger charge is 2.28. The number of nitrogens with one attached hydrogen (secondary N) is 1. The molecule has 21 heavy (non-hydrogen) atoms. The molecule has 2 aromatic rings. The fourth-order valence-corrected chi connectivity index (χ4v) is 3.56. The largest absolute Gasteiger partial charge is 0.335 e. The second-order valence-electron chi connectivity index (χ2n) is 5.93. The van der Waals surface area contributed by atoms with Crippen molar-refractivity contribution in [1.29, 1.82) is 0 Å². The predicted octanol–water partition coefficient (Wildman–Crippen LogP) is 2.84. The summed E-state index contributed by atoms with van der Waals surface area (Å²) in [6.45, 7) is 6.39. The second-order valence-corrected chi connectivity index (χ2v) is 5.93. The lowest BCUT2D eigenvalue weighted by Gasteiger charge is -2.24. The zero-order valence-corrected chi connectivity index (χ0v) is 13.0. The summed E-state index contributed by atoms with van der Waals surface area (Å²) in [6, 6.07) is 9.40. The van der Waals surface area contributed by atoms with Crippen LogP contribution in [0.15, 0.2) is 36.7 Å². The van der Waals surface area contributed by atoms with E-state index in [4.69, 9.17) is 0 Å². The highest BCUT2D eigenvalue weighted by Crippen LogP contribution is 2.29.